The predicted octanol–water partition coefficient (Wildman–Crippen LogP) is 1.15. The zero-order valence-corrected chi connectivity index (χ0v) is 6.16. The molecular weight excluding hydrogens is 170 g/mol. The van der Waals surface area contributed by atoms with Crippen molar-refractivity contribution in [3.63, 3.8) is 0 Å². The molecule has 12 heavy (non-hydrogen) atoms. The van der Waals surface area contributed by atoms with Crippen LogP contribution < -0.4 is 0 Å². The van der Waals surface area contributed by atoms with Crippen molar-refractivity contribution in [3.05, 3.63) is 18.0 Å². The number of rotatable bonds is 2. The minimum atomic E-state index is -3.16. The van der Waals surface area contributed by atoms with Crippen LogP contribution in [-0.2, 0) is 6.05 Å². The van der Waals surface area contributed by atoms with Crippen LogP contribution in [0.2, 0.25) is 0 Å². The summed E-state index contributed by atoms with van der Waals surface area (Å²) < 4.78 is 25.2. The van der Waals surface area contributed by atoms with Gasteiger partial charge in [-0.1, -0.05) is 0 Å². The molecule has 1 aromatic rings. The third kappa shape index (κ3) is 1.58. The number of nitrogens with zero attached hydrogens (tertiary/aromatic N) is 2. The lowest BCUT2D eigenvalue weighted by atomic mass is 10.4. The highest BCUT2D eigenvalue weighted by molar-refractivity contribution is 5.86. The maximum absolute atomic E-state index is 12.4. The van der Waals surface area contributed by atoms with Crippen LogP contribution in [-0.4, -0.2) is 20.9 Å². The summed E-state index contributed by atoms with van der Waals surface area (Å²) >= 11 is 0. The van der Waals surface area contributed by atoms with Crippen molar-refractivity contribution in [2.75, 3.05) is 0 Å². The summed E-state index contributed by atoms with van der Waals surface area (Å²) in [6.45, 7) is 0.631. The van der Waals surface area contributed by atoms with Crippen molar-refractivity contribution >= 4 is 5.97 Å². The second-order valence-corrected chi connectivity index (χ2v) is 2.32. The smallest absolute Gasteiger partial charge is 0.340 e. The molecule has 0 spiro atoms. The molecule has 0 bridgehead atoms. The number of hydrogen-bond acceptors (Lipinski definition) is 2. The first-order chi connectivity index (χ1) is 5.41. The van der Waals surface area contributed by atoms with Crippen LogP contribution in [0.1, 0.15) is 17.3 Å². The molecule has 4 nitrogen and oxygen atoms in total. The lowest BCUT2D eigenvalue weighted by Crippen LogP contribution is -2.18. The van der Waals surface area contributed by atoms with Gasteiger partial charge in [-0.05, 0) is 0 Å². The first kappa shape index (κ1) is 8.63. The molecule has 1 rings (SSSR count). The van der Waals surface area contributed by atoms with Crippen molar-refractivity contribution in [3.8, 4) is 0 Å². The van der Waals surface area contributed by atoms with Gasteiger partial charge in [-0.15, -0.1) is 0 Å². The standard InChI is InChI=1S/C6H6F2N2O2/c1-6(7,8)10-3-4(2-9-10)5(11)12/h2-3H,1H3,(H,11,12). The zero-order valence-electron chi connectivity index (χ0n) is 6.16. The molecule has 0 unspecified atom stereocenters. The summed E-state index contributed by atoms with van der Waals surface area (Å²) in [4.78, 5) is 10.2. The number of alkyl halides is 2. The maximum Gasteiger partial charge on any atom is 0.340 e. The highest BCUT2D eigenvalue weighted by Gasteiger charge is 2.25. The van der Waals surface area contributed by atoms with E-state index in [-0.39, 0.29) is 5.56 Å². The topological polar surface area (TPSA) is 55.1 Å². The molecule has 0 aliphatic rings. The van der Waals surface area contributed by atoms with Crippen LogP contribution in [0.4, 0.5) is 8.78 Å². The predicted molar refractivity (Wildman–Crippen MR) is 35.1 cm³/mol. The lowest BCUT2D eigenvalue weighted by molar-refractivity contribution is -0.0723. The van der Waals surface area contributed by atoms with Gasteiger partial charge in [0.2, 0.25) is 0 Å². The van der Waals surface area contributed by atoms with Crippen molar-refractivity contribution in [2.24, 2.45) is 0 Å². The average Bonchev–Trinajstić information content (AvgIpc) is 2.30. The molecule has 1 aromatic heterocycles. The molecular formula is C6H6F2N2O2. The van der Waals surface area contributed by atoms with E-state index in [1.165, 1.54) is 0 Å². The van der Waals surface area contributed by atoms with E-state index < -0.39 is 12.0 Å². The molecule has 0 fully saturated rings. The molecule has 0 radical (unpaired) electrons. The molecule has 6 heteroatoms. The molecule has 0 amide bonds. The van der Waals surface area contributed by atoms with Gasteiger partial charge in [-0.25, -0.2) is 9.48 Å². The number of hydrogen-bond donors (Lipinski definition) is 1. The Morgan fingerprint density at radius 3 is 2.58 bits per heavy atom. The van der Waals surface area contributed by atoms with Gasteiger partial charge in [-0.3, -0.25) is 0 Å². The van der Waals surface area contributed by atoms with Crippen LogP contribution in [0.25, 0.3) is 0 Å². The molecule has 0 aliphatic carbocycles. The molecule has 0 aliphatic heterocycles. The summed E-state index contributed by atoms with van der Waals surface area (Å²) in [5, 5.41) is 11.6. The average molecular weight is 176 g/mol. The lowest BCUT2D eigenvalue weighted by Gasteiger charge is -2.08. The Labute approximate surface area is 66.4 Å². The summed E-state index contributed by atoms with van der Waals surface area (Å²) in [5.74, 6) is -1.27. The van der Waals surface area contributed by atoms with E-state index >= 15 is 0 Å². The highest BCUT2D eigenvalue weighted by Crippen LogP contribution is 2.18. The van der Waals surface area contributed by atoms with E-state index in [2.05, 4.69) is 5.10 Å². The van der Waals surface area contributed by atoms with Gasteiger partial charge in [0.15, 0.2) is 0 Å². The second-order valence-electron chi connectivity index (χ2n) is 2.32. The Morgan fingerprint density at radius 1 is 1.75 bits per heavy atom. The summed E-state index contributed by atoms with van der Waals surface area (Å²) in [6, 6.07) is -3.16. The molecule has 1 heterocycles. The Bertz CT molecular complexity index is 303. The molecule has 0 aromatic carbocycles. The number of halogens is 2. The third-order valence-corrected chi connectivity index (χ3v) is 1.23. The fourth-order valence-corrected chi connectivity index (χ4v) is 0.648. The molecule has 0 saturated carbocycles. The minimum absolute atomic E-state index is 0.253. The fourth-order valence-electron chi connectivity index (χ4n) is 0.648. The number of aromatic carboxylic acids is 1. The number of carboxylic acid groups (broad SMARTS) is 1. The van der Waals surface area contributed by atoms with Gasteiger partial charge in [0.25, 0.3) is 0 Å². The van der Waals surface area contributed by atoms with E-state index in [1.54, 1.807) is 0 Å². The van der Waals surface area contributed by atoms with E-state index in [9.17, 15) is 13.6 Å². The van der Waals surface area contributed by atoms with Gasteiger partial charge in [0.05, 0.1) is 11.8 Å². The molecule has 0 atom stereocenters. The zero-order chi connectivity index (χ0) is 9.35. The van der Waals surface area contributed by atoms with Gasteiger partial charge >= 0.3 is 12.0 Å². The Hall–Kier alpha value is -1.46. The first-order valence-electron chi connectivity index (χ1n) is 3.07. The first-order valence-corrected chi connectivity index (χ1v) is 3.07. The summed E-state index contributed by atoms with van der Waals surface area (Å²) in [6.07, 6.45) is 1.65. The van der Waals surface area contributed by atoms with Crippen molar-refractivity contribution in [2.45, 2.75) is 13.0 Å². The third-order valence-electron chi connectivity index (χ3n) is 1.23. The van der Waals surface area contributed by atoms with Gasteiger partial charge in [0, 0.05) is 13.1 Å². The van der Waals surface area contributed by atoms with E-state index in [0.717, 1.165) is 12.4 Å². The quantitative estimate of drug-likeness (QED) is 0.735. The van der Waals surface area contributed by atoms with Gasteiger partial charge < -0.3 is 5.11 Å². The summed E-state index contributed by atoms with van der Waals surface area (Å²) in [7, 11) is 0. The minimum Gasteiger partial charge on any atom is -0.478 e. The van der Waals surface area contributed by atoms with E-state index in [4.69, 9.17) is 5.11 Å². The van der Waals surface area contributed by atoms with Crippen LogP contribution in [0, 0.1) is 0 Å². The van der Waals surface area contributed by atoms with Crippen LogP contribution in [0.3, 0.4) is 0 Å². The van der Waals surface area contributed by atoms with E-state index in [1.807, 2.05) is 0 Å². The Morgan fingerprint density at radius 2 is 2.33 bits per heavy atom. The molecule has 0 saturated heterocycles. The van der Waals surface area contributed by atoms with Crippen molar-refractivity contribution in [1.29, 1.82) is 0 Å². The van der Waals surface area contributed by atoms with Gasteiger partial charge in [0.1, 0.15) is 0 Å². The van der Waals surface area contributed by atoms with E-state index in [0.29, 0.717) is 11.6 Å². The highest BCUT2D eigenvalue weighted by atomic mass is 19.3. The van der Waals surface area contributed by atoms with Crippen molar-refractivity contribution in [1.82, 2.24) is 9.78 Å². The van der Waals surface area contributed by atoms with Crippen LogP contribution in [0.5, 0.6) is 0 Å². The maximum atomic E-state index is 12.4. The Kier molecular flexibility index (Phi) is 1.83. The SMILES string of the molecule is CC(F)(F)n1cc(C(=O)O)cn1. The number of carboxylic acids is 1. The number of aromatic nitrogens is 2. The normalized spacial score (nSPS) is 11.6. The van der Waals surface area contributed by atoms with Crippen molar-refractivity contribution < 1.29 is 18.7 Å². The van der Waals surface area contributed by atoms with Gasteiger partial charge in [-0.2, -0.15) is 13.9 Å². The molecule has 1 N–H and O–H groups in total. The monoisotopic (exact) mass is 176 g/mol. The molecule has 66 valence electrons. The largest absolute Gasteiger partial charge is 0.478 e. The number of carbonyl (C=O) groups is 1. The second kappa shape index (κ2) is 2.54. The Balaban J connectivity index is 3.00. The van der Waals surface area contributed by atoms with Crippen LogP contribution in [0.15, 0.2) is 12.4 Å². The summed E-state index contributed by atoms with van der Waals surface area (Å²) in [5.41, 5.74) is -0.253. The van der Waals surface area contributed by atoms with Crippen LogP contribution >= 0.6 is 0 Å². The fraction of sp³-hybridized carbons (Fsp3) is 0.333.